The third-order valence-corrected chi connectivity index (χ3v) is 10.8. The predicted octanol–water partition coefficient (Wildman–Crippen LogP) is 7.89. The van der Waals surface area contributed by atoms with E-state index in [1.54, 1.807) is 0 Å². The first-order valence-electron chi connectivity index (χ1n) is 21.4. The van der Waals surface area contributed by atoms with Crippen LogP contribution >= 0.6 is 0 Å². The van der Waals surface area contributed by atoms with Crippen molar-refractivity contribution >= 4 is 0 Å². The lowest BCUT2D eigenvalue weighted by Gasteiger charge is -2.38. The van der Waals surface area contributed by atoms with Gasteiger partial charge in [0.25, 0.3) is 0 Å². The second kappa shape index (κ2) is 29.1. The molecule has 5 rings (SSSR count). The van der Waals surface area contributed by atoms with Gasteiger partial charge >= 0.3 is 0 Å². The van der Waals surface area contributed by atoms with Crippen molar-refractivity contribution in [1.29, 1.82) is 0 Å². The van der Waals surface area contributed by atoms with E-state index in [1.165, 1.54) is 84.0 Å². The molecule has 8 heteroatoms. The SMILES string of the molecule is CC(C)N1CCCC1.CC(C)N1CCCCC1.CC(C)N1CCOCC1.CCCC1CN(C(C)C)CCO1.CCCC1COCCN1C(C)C. The molecular formula is C42H89N5O3. The molecule has 0 spiro atoms. The minimum atomic E-state index is 0.492. The number of hydrogen-bond donors (Lipinski definition) is 0. The Morgan fingerprint density at radius 3 is 1.32 bits per heavy atom. The largest absolute Gasteiger partial charge is 0.379 e. The Labute approximate surface area is 313 Å². The zero-order chi connectivity index (χ0) is 37.3. The van der Waals surface area contributed by atoms with Gasteiger partial charge in [0.05, 0.1) is 39.1 Å². The van der Waals surface area contributed by atoms with Crippen LogP contribution in [0.4, 0.5) is 0 Å². The molecule has 0 N–H and O–H groups in total. The topological polar surface area (TPSA) is 43.9 Å². The molecule has 0 aromatic rings. The van der Waals surface area contributed by atoms with Gasteiger partial charge in [-0.3, -0.25) is 14.7 Å². The lowest BCUT2D eigenvalue weighted by atomic mass is 10.1. The Bertz CT molecular complexity index is 724. The second-order valence-corrected chi connectivity index (χ2v) is 16.5. The highest BCUT2D eigenvalue weighted by Gasteiger charge is 2.24. The molecule has 0 saturated carbocycles. The van der Waals surface area contributed by atoms with Crippen LogP contribution in [-0.4, -0.2) is 159 Å². The number of ether oxygens (including phenoxy) is 3. The summed E-state index contributed by atoms with van der Waals surface area (Å²) >= 11 is 0. The van der Waals surface area contributed by atoms with Crippen LogP contribution in [0.25, 0.3) is 0 Å². The fourth-order valence-electron chi connectivity index (χ4n) is 7.42. The van der Waals surface area contributed by atoms with E-state index in [0.717, 1.165) is 77.8 Å². The summed E-state index contributed by atoms with van der Waals surface area (Å²) in [5, 5.41) is 0. The molecule has 0 amide bonds. The Morgan fingerprint density at radius 1 is 0.460 bits per heavy atom. The van der Waals surface area contributed by atoms with Crippen LogP contribution < -0.4 is 0 Å². The van der Waals surface area contributed by atoms with Gasteiger partial charge in [-0.25, -0.2) is 0 Å². The summed E-state index contributed by atoms with van der Waals surface area (Å²) in [5.41, 5.74) is 0. The molecule has 300 valence electrons. The molecule has 0 aromatic carbocycles. The number of hydrogen-bond acceptors (Lipinski definition) is 8. The van der Waals surface area contributed by atoms with Gasteiger partial charge in [-0.15, -0.1) is 0 Å². The van der Waals surface area contributed by atoms with E-state index in [0.29, 0.717) is 30.3 Å². The van der Waals surface area contributed by atoms with Gasteiger partial charge in [0.2, 0.25) is 0 Å². The van der Waals surface area contributed by atoms with Crippen molar-refractivity contribution in [2.75, 3.05) is 91.9 Å². The molecule has 2 unspecified atom stereocenters. The fraction of sp³-hybridized carbons (Fsp3) is 1.00. The highest BCUT2D eigenvalue weighted by atomic mass is 16.5. The first-order valence-corrected chi connectivity index (χ1v) is 21.4. The summed E-state index contributed by atoms with van der Waals surface area (Å²) < 4.78 is 16.3. The predicted molar refractivity (Wildman–Crippen MR) is 217 cm³/mol. The van der Waals surface area contributed by atoms with E-state index in [4.69, 9.17) is 14.2 Å². The van der Waals surface area contributed by atoms with Crippen molar-refractivity contribution in [3.8, 4) is 0 Å². The molecule has 0 bridgehead atoms. The van der Waals surface area contributed by atoms with Crippen molar-refractivity contribution in [3.05, 3.63) is 0 Å². The first-order chi connectivity index (χ1) is 23.9. The summed E-state index contributed by atoms with van der Waals surface area (Å²) in [6, 6.07) is 4.25. The van der Waals surface area contributed by atoms with Crippen LogP contribution in [0.5, 0.6) is 0 Å². The molecule has 2 atom stereocenters. The average molecular weight is 712 g/mol. The van der Waals surface area contributed by atoms with Crippen LogP contribution in [0.15, 0.2) is 0 Å². The molecule has 5 aliphatic heterocycles. The van der Waals surface area contributed by atoms with E-state index in [2.05, 4.69) is 108 Å². The highest BCUT2D eigenvalue weighted by molar-refractivity contribution is 4.77. The molecular weight excluding hydrogens is 622 g/mol. The first kappa shape index (κ1) is 47.7. The molecule has 0 aliphatic carbocycles. The van der Waals surface area contributed by atoms with Crippen molar-refractivity contribution < 1.29 is 14.2 Å². The maximum absolute atomic E-state index is 5.66. The van der Waals surface area contributed by atoms with Gasteiger partial charge in [-0.1, -0.05) is 33.1 Å². The fourth-order valence-corrected chi connectivity index (χ4v) is 7.42. The van der Waals surface area contributed by atoms with Crippen molar-refractivity contribution in [2.24, 2.45) is 0 Å². The van der Waals surface area contributed by atoms with Gasteiger partial charge in [0.15, 0.2) is 0 Å². The van der Waals surface area contributed by atoms with Crippen molar-refractivity contribution in [1.82, 2.24) is 24.5 Å². The highest BCUT2D eigenvalue weighted by Crippen LogP contribution is 2.16. The second-order valence-electron chi connectivity index (χ2n) is 16.5. The zero-order valence-corrected chi connectivity index (χ0v) is 35.8. The number of likely N-dealkylation sites (tertiary alicyclic amines) is 2. The van der Waals surface area contributed by atoms with Gasteiger partial charge in [0, 0.05) is 69.0 Å². The van der Waals surface area contributed by atoms with E-state index in [1.807, 2.05) is 0 Å². The lowest BCUT2D eigenvalue weighted by Crippen LogP contribution is -2.48. The average Bonchev–Trinajstić information content (AvgIpc) is 3.67. The molecule has 0 radical (unpaired) electrons. The number of nitrogens with zero attached hydrogens (tertiary/aromatic N) is 5. The summed E-state index contributed by atoms with van der Waals surface area (Å²) in [6.07, 6.45) is 12.6. The summed E-state index contributed by atoms with van der Waals surface area (Å²) in [5.74, 6) is 0. The molecule has 50 heavy (non-hydrogen) atoms. The Kier molecular flexibility index (Phi) is 27.8. The Morgan fingerprint density at radius 2 is 0.900 bits per heavy atom. The molecule has 5 saturated heterocycles. The van der Waals surface area contributed by atoms with Crippen molar-refractivity contribution in [2.45, 2.75) is 183 Å². The smallest absolute Gasteiger partial charge is 0.0702 e. The maximum atomic E-state index is 5.66. The molecule has 5 heterocycles. The quantitative estimate of drug-likeness (QED) is 0.240. The van der Waals surface area contributed by atoms with Gasteiger partial charge < -0.3 is 24.0 Å². The van der Waals surface area contributed by atoms with Gasteiger partial charge in [-0.05, 0) is 134 Å². The molecule has 0 aromatic heterocycles. The van der Waals surface area contributed by atoms with Crippen molar-refractivity contribution in [3.63, 3.8) is 0 Å². The van der Waals surface area contributed by atoms with Crippen LogP contribution in [0.3, 0.4) is 0 Å². The van der Waals surface area contributed by atoms with Crippen LogP contribution in [0.1, 0.15) is 141 Å². The van der Waals surface area contributed by atoms with Gasteiger partial charge in [0.1, 0.15) is 0 Å². The Hall–Kier alpha value is -0.320. The minimum absolute atomic E-state index is 0.492. The number of piperidine rings is 1. The monoisotopic (exact) mass is 712 g/mol. The third kappa shape index (κ3) is 21.4. The van der Waals surface area contributed by atoms with E-state index in [9.17, 15) is 0 Å². The number of rotatable bonds is 9. The lowest BCUT2D eigenvalue weighted by molar-refractivity contribution is -0.0420. The molecule has 5 aliphatic rings. The maximum Gasteiger partial charge on any atom is 0.0702 e. The summed E-state index contributed by atoms with van der Waals surface area (Å²) in [4.78, 5) is 12.6. The standard InChI is InChI=1S/2C10H21NO.C8H17N.C7H15NO.C7H15N/c1-4-5-10-8-12-7-6-11(10)9(2)3;1-4-5-10-8-11(9(2)3)6-7-12-10;1-8(2)9-6-4-3-5-7-9;1-7(2)8-3-5-9-6-4-8;1-7(2)8-5-3-4-6-8/h2*9-10H,4-8H2,1-3H3;8H,3-7H2,1-2H3;7H,3-6H2,1-2H3;7H,3-6H2,1-2H3. The van der Waals surface area contributed by atoms with Gasteiger partial charge in [-0.2, -0.15) is 0 Å². The zero-order valence-electron chi connectivity index (χ0n) is 35.8. The molecule has 5 fully saturated rings. The minimum Gasteiger partial charge on any atom is -0.379 e. The summed E-state index contributed by atoms with van der Waals surface area (Å²) in [6.45, 7) is 42.6. The number of morpholine rings is 3. The van der Waals surface area contributed by atoms with Crippen LogP contribution in [0, 0.1) is 0 Å². The van der Waals surface area contributed by atoms with Crippen LogP contribution in [0.2, 0.25) is 0 Å². The van der Waals surface area contributed by atoms with E-state index in [-0.39, 0.29) is 0 Å². The van der Waals surface area contributed by atoms with E-state index < -0.39 is 0 Å². The normalized spacial score (nSPS) is 24.7. The Balaban J connectivity index is 0.000000315. The third-order valence-electron chi connectivity index (χ3n) is 10.8. The summed E-state index contributed by atoms with van der Waals surface area (Å²) in [7, 11) is 0. The van der Waals surface area contributed by atoms with Crippen LogP contribution in [-0.2, 0) is 14.2 Å². The molecule has 8 nitrogen and oxygen atoms in total. The van der Waals surface area contributed by atoms with E-state index >= 15 is 0 Å².